The minimum absolute atomic E-state index is 0.179. The zero-order valence-corrected chi connectivity index (χ0v) is 20.1. The van der Waals surface area contributed by atoms with Crippen molar-refractivity contribution in [2.45, 2.75) is 32.2 Å². The fourth-order valence-electron chi connectivity index (χ4n) is 4.09. The topological polar surface area (TPSA) is 94.5 Å². The Bertz CT molecular complexity index is 1500. The van der Waals surface area contributed by atoms with Gasteiger partial charge in [0.05, 0.1) is 11.3 Å². The molecule has 0 radical (unpaired) electrons. The van der Waals surface area contributed by atoms with Crippen molar-refractivity contribution in [1.82, 2.24) is 4.57 Å². The van der Waals surface area contributed by atoms with E-state index in [1.165, 1.54) is 19.1 Å². The quantitative estimate of drug-likeness (QED) is 0.394. The van der Waals surface area contributed by atoms with Gasteiger partial charge in [-0.3, -0.25) is 4.79 Å². The first kappa shape index (κ1) is 23.5. The molecule has 1 atom stereocenters. The summed E-state index contributed by atoms with van der Waals surface area (Å²) in [6, 6.07) is 20.0. The molecule has 0 aliphatic rings. The summed E-state index contributed by atoms with van der Waals surface area (Å²) < 4.78 is 30.6. The molecule has 1 N–H and O–H groups in total. The van der Waals surface area contributed by atoms with Crippen molar-refractivity contribution in [2.24, 2.45) is 0 Å². The van der Waals surface area contributed by atoms with Gasteiger partial charge in [-0.15, -0.1) is 0 Å². The number of esters is 1. The molecule has 1 amide bonds. The molecular weight excluding hydrogens is 452 g/mol. The van der Waals surface area contributed by atoms with Crippen LogP contribution < -0.4 is 5.32 Å². The van der Waals surface area contributed by atoms with E-state index in [2.05, 4.69) is 28.9 Å². The fourth-order valence-corrected chi connectivity index (χ4v) is 4.87. The predicted octanol–water partition coefficient (Wildman–Crippen LogP) is 4.54. The van der Waals surface area contributed by atoms with Crippen LogP contribution >= 0.6 is 0 Å². The van der Waals surface area contributed by atoms with Crippen LogP contribution in [0.3, 0.4) is 0 Å². The molecule has 0 spiro atoms. The molecule has 0 saturated heterocycles. The van der Waals surface area contributed by atoms with E-state index in [0.29, 0.717) is 11.3 Å². The number of aromatic nitrogens is 1. The van der Waals surface area contributed by atoms with Crippen molar-refractivity contribution in [3.05, 3.63) is 77.9 Å². The lowest BCUT2D eigenvalue weighted by atomic mass is 10.1. The van der Waals surface area contributed by atoms with Crippen molar-refractivity contribution in [3.8, 4) is 0 Å². The second-order valence-electron chi connectivity index (χ2n) is 8.30. The maximum atomic E-state index is 12.7. The second kappa shape index (κ2) is 9.30. The molecule has 4 rings (SSSR count). The molecule has 1 aromatic heterocycles. The summed E-state index contributed by atoms with van der Waals surface area (Å²) in [5.74, 6) is -1.33. The van der Waals surface area contributed by atoms with Gasteiger partial charge in [0.1, 0.15) is 0 Å². The molecule has 0 bridgehead atoms. The Morgan fingerprint density at radius 1 is 0.971 bits per heavy atom. The summed E-state index contributed by atoms with van der Waals surface area (Å²) in [5, 5.41) is 4.95. The summed E-state index contributed by atoms with van der Waals surface area (Å²) in [7, 11) is -3.24. The highest BCUT2D eigenvalue weighted by Gasteiger charge is 2.20. The van der Waals surface area contributed by atoms with Crippen LogP contribution in [-0.4, -0.2) is 37.2 Å². The summed E-state index contributed by atoms with van der Waals surface area (Å²) in [6.07, 6.45) is 0.0839. The van der Waals surface area contributed by atoms with Gasteiger partial charge in [0.25, 0.3) is 5.91 Å². The van der Waals surface area contributed by atoms with Gasteiger partial charge in [-0.1, -0.05) is 30.3 Å². The van der Waals surface area contributed by atoms with Crippen LogP contribution in [0.15, 0.2) is 66.7 Å². The van der Waals surface area contributed by atoms with Gasteiger partial charge in [-0.05, 0) is 55.8 Å². The monoisotopic (exact) mass is 478 g/mol. The van der Waals surface area contributed by atoms with Gasteiger partial charge in [-0.25, -0.2) is 13.2 Å². The predicted molar refractivity (Wildman–Crippen MR) is 134 cm³/mol. The fraction of sp³-hybridized carbons (Fsp3) is 0.231. The number of carbonyl (C=O) groups excluding carboxylic acids is 2. The van der Waals surface area contributed by atoms with Gasteiger partial charge in [0, 0.05) is 40.3 Å². The summed E-state index contributed by atoms with van der Waals surface area (Å²) in [6.45, 7) is 4.41. The number of nitrogens with zero attached hydrogens (tertiary/aromatic N) is 1. The number of para-hydroxylation sites is 1. The molecule has 1 unspecified atom stereocenters. The molecule has 0 aliphatic carbocycles. The van der Waals surface area contributed by atoms with Crippen LogP contribution in [-0.2, 0) is 31.7 Å². The molecule has 0 saturated carbocycles. The lowest BCUT2D eigenvalue weighted by Crippen LogP contribution is -2.30. The number of amides is 1. The first-order valence-electron chi connectivity index (χ1n) is 11.0. The molecule has 3 aromatic carbocycles. The normalized spacial score (nSPS) is 12.6. The number of hydrogen-bond donors (Lipinski definition) is 1. The average molecular weight is 479 g/mol. The van der Waals surface area contributed by atoms with Crippen molar-refractivity contribution in [3.63, 3.8) is 0 Å². The third-order valence-electron chi connectivity index (χ3n) is 5.60. The number of nitrogens with one attached hydrogen (secondary N) is 1. The molecule has 7 nitrogen and oxygen atoms in total. The highest BCUT2D eigenvalue weighted by molar-refractivity contribution is 7.89. The van der Waals surface area contributed by atoms with E-state index in [-0.39, 0.29) is 11.3 Å². The third kappa shape index (κ3) is 4.97. The maximum absolute atomic E-state index is 12.7. The lowest BCUT2D eigenvalue weighted by Gasteiger charge is -2.14. The number of hydrogen-bond acceptors (Lipinski definition) is 5. The summed E-state index contributed by atoms with van der Waals surface area (Å²) >= 11 is 0. The van der Waals surface area contributed by atoms with Crippen LogP contribution in [0.5, 0.6) is 0 Å². The van der Waals surface area contributed by atoms with E-state index in [0.717, 1.165) is 34.6 Å². The lowest BCUT2D eigenvalue weighted by molar-refractivity contribution is -0.123. The van der Waals surface area contributed by atoms with Crippen LogP contribution in [0.4, 0.5) is 5.69 Å². The zero-order chi connectivity index (χ0) is 24.5. The van der Waals surface area contributed by atoms with E-state index >= 15 is 0 Å². The number of fused-ring (bicyclic) bond motifs is 3. The highest BCUT2D eigenvalue weighted by atomic mass is 32.2. The minimum atomic E-state index is -3.24. The molecule has 176 valence electrons. The van der Waals surface area contributed by atoms with E-state index < -0.39 is 27.8 Å². The van der Waals surface area contributed by atoms with Crippen molar-refractivity contribution < 1.29 is 22.7 Å². The van der Waals surface area contributed by atoms with Gasteiger partial charge in [0.15, 0.2) is 15.9 Å². The molecule has 0 aliphatic heterocycles. The smallest absolute Gasteiger partial charge is 0.338 e. The Morgan fingerprint density at radius 2 is 1.71 bits per heavy atom. The number of rotatable bonds is 7. The Morgan fingerprint density at radius 3 is 2.44 bits per heavy atom. The molecular formula is C26H26N2O5S. The van der Waals surface area contributed by atoms with Crippen LogP contribution in [0.2, 0.25) is 0 Å². The molecule has 8 heteroatoms. The second-order valence-corrected chi connectivity index (χ2v) is 10.4. The Balaban J connectivity index is 1.49. The van der Waals surface area contributed by atoms with E-state index in [9.17, 15) is 18.0 Å². The number of benzene rings is 3. The van der Waals surface area contributed by atoms with Gasteiger partial charge < -0.3 is 14.6 Å². The highest BCUT2D eigenvalue weighted by Crippen LogP contribution is 2.31. The Labute approximate surface area is 198 Å². The van der Waals surface area contributed by atoms with Gasteiger partial charge in [-0.2, -0.15) is 0 Å². The van der Waals surface area contributed by atoms with Crippen molar-refractivity contribution in [2.75, 3.05) is 11.6 Å². The largest absolute Gasteiger partial charge is 0.449 e. The number of carbonyl (C=O) groups is 2. The molecule has 0 fully saturated rings. The SMILES string of the molecule is CCn1c2ccccc2c2cc(NC(=O)C(C)OC(=O)c3cccc(CS(C)(=O)=O)c3)ccc21. The van der Waals surface area contributed by atoms with E-state index in [1.54, 1.807) is 12.1 Å². The molecule has 1 heterocycles. The third-order valence-corrected chi connectivity index (χ3v) is 6.46. The number of sulfone groups is 1. The standard InChI is InChI=1S/C26H26N2O5S/c1-4-28-23-11-6-5-10-21(23)22-15-20(12-13-24(22)28)27-25(29)17(2)33-26(30)19-9-7-8-18(14-19)16-34(3,31)32/h5-15,17H,4,16H2,1-3H3,(H,27,29). The zero-order valence-electron chi connectivity index (χ0n) is 19.2. The molecule has 34 heavy (non-hydrogen) atoms. The summed E-state index contributed by atoms with van der Waals surface area (Å²) in [4.78, 5) is 25.3. The van der Waals surface area contributed by atoms with Crippen molar-refractivity contribution in [1.29, 1.82) is 0 Å². The summed E-state index contributed by atoms with van der Waals surface area (Å²) in [5.41, 5.74) is 3.48. The number of aryl methyl sites for hydroxylation is 1. The van der Waals surface area contributed by atoms with Crippen molar-refractivity contribution >= 4 is 49.2 Å². The van der Waals surface area contributed by atoms with Gasteiger partial charge in [0.2, 0.25) is 0 Å². The Kier molecular flexibility index (Phi) is 6.43. The van der Waals surface area contributed by atoms with Gasteiger partial charge >= 0.3 is 5.97 Å². The van der Waals surface area contributed by atoms with E-state index in [1.807, 2.05) is 30.3 Å². The maximum Gasteiger partial charge on any atom is 0.338 e. The van der Waals surface area contributed by atoms with Crippen LogP contribution in [0.25, 0.3) is 21.8 Å². The average Bonchev–Trinajstić information content (AvgIpc) is 3.11. The number of ether oxygens (including phenoxy) is 1. The Hall–Kier alpha value is -3.65. The molecule has 4 aromatic rings. The van der Waals surface area contributed by atoms with E-state index in [4.69, 9.17) is 4.74 Å². The first-order valence-corrected chi connectivity index (χ1v) is 13.0. The minimum Gasteiger partial charge on any atom is -0.449 e. The van der Waals surface area contributed by atoms with Crippen LogP contribution in [0, 0.1) is 0 Å². The first-order chi connectivity index (χ1) is 16.2. The van der Waals surface area contributed by atoms with Crippen LogP contribution in [0.1, 0.15) is 29.8 Å². The number of anilines is 1.